The van der Waals surface area contributed by atoms with Crippen LogP contribution in [0.15, 0.2) is 12.1 Å². The largest absolute Gasteiger partial charge is 0.481 e. The van der Waals surface area contributed by atoms with Gasteiger partial charge in [-0.3, -0.25) is 4.79 Å². The van der Waals surface area contributed by atoms with Gasteiger partial charge in [-0.05, 0) is 43.9 Å². The Labute approximate surface area is 96.3 Å². The number of hydrogen-bond acceptors (Lipinski definition) is 2. The van der Waals surface area contributed by atoms with Gasteiger partial charge in [-0.25, -0.2) is 0 Å². The predicted molar refractivity (Wildman–Crippen MR) is 64.5 cm³/mol. The third kappa shape index (κ3) is 3.07. The van der Waals surface area contributed by atoms with Gasteiger partial charge < -0.3 is 10.8 Å². The Bertz CT molecular complexity index is 399. The summed E-state index contributed by atoms with van der Waals surface area (Å²) in [4.78, 5) is 10.5. The number of carboxylic acids is 1. The molecule has 0 aliphatic heterocycles. The van der Waals surface area contributed by atoms with Crippen LogP contribution in [0.25, 0.3) is 0 Å². The molecule has 3 heteroatoms. The molecule has 1 aromatic carbocycles. The minimum atomic E-state index is -0.794. The summed E-state index contributed by atoms with van der Waals surface area (Å²) >= 11 is 0. The quantitative estimate of drug-likeness (QED) is 0.821. The average molecular weight is 221 g/mol. The summed E-state index contributed by atoms with van der Waals surface area (Å²) in [6.45, 7) is 6.11. The molecule has 0 amide bonds. The van der Waals surface area contributed by atoms with Crippen LogP contribution in [0.5, 0.6) is 0 Å². The van der Waals surface area contributed by atoms with Gasteiger partial charge in [0.2, 0.25) is 0 Å². The van der Waals surface area contributed by atoms with Gasteiger partial charge in [-0.1, -0.05) is 17.7 Å². The molecule has 0 aromatic heterocycles. The molecule has 0 saturated heterocycles. The standard InChI is InChI=1S/C13H19NO2/c1-8-6-9(2)10(3)11(7-8)12(14)4-5-13(15)16/h6-7,12H,4-5,14H2,1-3H3,(H,15,16). The van der Waals surface area contributed by atoms with Crippen molar-refractivity contribution in [3.8, 4) is 0 Å². The summed E-state index contributed by atoms with van der Waals surface area (Å²) in [5, 5.41) is 8.63. The van der Waals surface area contributed by atoms with Crippen molar-refractivity contribution >= 4 is 5.97 Å². The van der Waals surface area contributed by atoms with Crippen LogP contribution in [0.3, 0.4) is 0 Å². The second-order valence-corrected chi connectivity index (χ2v) is 4.33. The Balaban J connectivity index is 2.90. The van der Waals surface area contributed by atoms with Crippen LogP contribution < -0.4 is 5.73 Å². The van der Waals surface area contributed by atoms with Gasteiger partial charge in [0.1, 0.15) is 0 Å². The monoisotopic (exact) mass is 221 g/mol. The number of aryl methyl sites for hydroxylation is 2. The van der Waals surface area contributed by atoms with Crippen molar-refractivity contribution in [2.75, 3.05) is 0 Å². The van der Waals surface area contributed by atoms with E-state index in [1.807, 2.05) is 13.8 Å². The molecule has 1 aromatic rings. The minimum absolute atomic E-state index is 0.119. The smallest absolute Gasteiger partial charge is 0.303 e. The fraction of sp³-hybridized carbons (Fsp3) is 0.462. The van der Waals surface area contributed by atoms with Crippen molar-refractivity contribution in [2.24, 2.45) is 5.73 Å². The van der Waals surface area contributed by atoms with Gasteiger partial charge >= 0.3 is 5.97 Å². The van der Waals surface area contributed by atoms with Crippen LogP contribution in [-0.4, -0.2) is 11.1 Å². The number of carboxylic acid groups (broad SMARTS) is 1. The second kappa shape index (κ2) is 5.12. The van der Waals surface area contributed by atoms with E-state index >= 15 is 0 Å². The van der Waals surface area contributed by atoms with Crippen LogP contribution in [0.2, 0.25) is 0 Å². The normalized spacial score (nSPS) is 12.5. The first-order chi connectivity index (χ1) is 7.41. The Morgan fingerprint density at radius 2 is 2.00 bits per heavy atom. The second-order valence-electron chi connectivity index (χ2n) is 4.33. The lowest BCUT2D eigenvalue weighted by molar-refractivity contribution is -0.137. The zero-order valence-electron chi connectivity index (χ0n) is 10.1. The summed E-state index contributed by atoms with van der Waals surface area (Å²) in [7, 11) is 0. The Morgan fingerprint density at radius 3 is 2.56 bits per heavy atom. The molecule has 3 nitrogen and oxygen atoms in total. The van der Waals surface area contributed by atoms with Crippen molar-refractivity contribution in [1.82, 2.24) is 0 Å². The van der Waals surface area contributed by atoms with E-state index in [0.717, 1.165) is 5.56 Å². The van der Waals surface area contributed by atoms with E-state index in [2.05, 4.69) is 19.1 Å². The first-order valence-electron chi connectivity index (χ1n) is 5.47. The number of benzene rings is 1. The first-order valence-corrected chi connectivity index (χ1v) is 5.47. The lowest BCUT2D eigenvalue weighted by Gasteiger charge is -2.16. The van der Waals surface area contributed by atoms with Gasteiger partial charge in [0.05, 0.1) is 0 Å². The fourth-order valence-corrected chi connectivity index (χ4v) is 1.89. The zero-order chi connectivity index (χ0) is 12.3. The summed E-state index contributed by atoms with van der Waals surface area (Å²) in [5.41, 5.74) is 10.6. The summed E-state index contributed by atoms with van der Waals surface area (Å²) in [6, 6.07) is 3.98. The molecule has 0 fully saturated rings. The van der Waals surface area contributed by atoms with Gasteiger partial charge in [0, 0.05) is 12.5 Å². The highest BCUT2D eigenvalue weighted by molar-refractivity contribution is 5.66. The van der Waals surface area contributed by atoms with Crippen LogP contribution >= 0.6 is 0 Å². The number of nitrogens with two attached hydrogens (primary N) is 1. The molecule has 1 atom stereocenters. The van der Waals surface area contributed by atoms with E-state index in [4.69, 9.17) is 10.8 Å². The van der Waals surface area contributed by atoms with E-state index < -0.39 is 5.97 Å². The predicted octanol–water partition coefficient (Wildman–Crippen LogP) is 2.48. The van der Waals surface area contributed by atoms with Crippen molar-refractivity contribution < 1.29 is 9.90 Å². The fourth-order valence-electron chi connectivity index (χ4n) is 1.89. The first kappa shape index (κ1) is 12.7. The lowest BCUT2D eigenvalue weighted by Crippen LogP contribution is -2.14. The van der Waals surface area contributed by atoms with Gasteiger partial charge in [-0.15, -0.1) is 0 Å². The maximum Gasteiger partial charge on any atom is 0.303 e. The Hall–Kier alpha value is -1.35. The molecule has 0 bridgehead atoms. The number of carbonyl (C=O) groups is 1. The van der Waals surface area contributed by atoms with E-state index in [1.54, 1.807) is 0 Å². The van der Waals surface area contributed by atoms with Crippen LogP contribution in [-0.2, 0) is 4.79 Å². The molecule has 1 unspecified atom stereocenters. The molecular weight excluding hydrogens is 202 g/mol. The molecule has 0 spiro atoms. The van der Waals surface area contributed by atoms with Crippen molar-refractivity contribution in [3.63, 3.8) is 0 Å². The zero-order valence-corrected chi connectivity index (χ0v) is 10.1. The highest BCUT2D eigenvalue weighted by Crippen LogP contribution is 2.23. The summed E-state index contributed by atoms with van der Waals surface area (Å²) < 4.78 is 0. The maximum absolute atomic E-state index is 10.5. The van der Waals surface area contributed by atoms with Crippen LogP contribution in [0.1, 0.15) is 41.1 Å². The van der Waals surface area contributed by atoms with Crippen molar-refractivity contribution in [1.29, 1.82) is 0 Å². The molecule has 88 valence electrons. The molecule has 0 aliphatic rings. The highest BCUT2D eigenvalue weighted by Gasteiger charge is 2.12. The topological polar surface area (TPSA) is 63.3 Å². The van der Waals surface area contributed by atoms with Crippen LogP contribution in [0.4, 0.5) is 0 Å². The summed E-state index contributed by atoms with van der Waals surface area (Å²) in [5.74, 6) is -0.794. The Morgan fingerprint density at radius 1 is 1.38 bits per heavy atom. The van der Waals surface area contributed by atoms with Crippen LogP contribution in [0, 0.1) is 20.8 Å². The number of aliphatic carboxylic acids is 1. The third-order valence-corrected chi connectivity index (χ3v) is 2.92. The molecule has 1 rings (SSSR count). The third-order valence-electron chi connectivity index (χ3n) is 2.92. The van der Waals surface area contributed by atoms with E-state index in [0.29, 0.717) is 6.42 Å². The number of rotatable bonds is 4. The molecule has 3 N–H and O–H groups in total. The molecule has 0 aliphatic carbocycles. The van der Waals surface area contributed by atoms with Crippen molar-refractivity contribution in [2.45, 2.75) is 39.7 Å². The molecule has 0 heterocycles. The average Bonchev–Trinajstić information content (AvgIpc) is 2.19. The maximum atomic E-state index is 10.5. The Kier molecular flexibility index (Phi) is 4.07. The van der Waals surface area contributed by atoms with Gasteiger partial charge in [0.15, 0.2) is 0 Å². The number of hydrogen-bond donors (Lipinski definition) is 2. The van der Waals surface area contributed by atoms with E-state index in [1.165, 1.54) is 16.7 Å². The van der Waals surface area contributed by atoms with E-state index in [9.17, 15) is 4.79 Å². The molecular formula is C13H19NO2. The molecule has 0 saturated carbocycles. The molecule has 0 radical (unpaired) electrons. The lowest BCUT2D eigenvalue weighted by atomic mass is 9.93. The van der Waals surface area contributed by atoms with E-state index in [-0.39, 0.29) is 12.5 Å². The summed E-state index contributed by atoms with van der Waals surface area (Å²) in [6.07, 6.45) is 0.604. The van der Waals surface area contributed by atoms with Gasteiger partial charge in [0.25, 0.3) is 0 Å². The SMILES string of the molecule is Cc1cc(C)c(C)c(C(N)CCC(=O)O)c1. The van der Waals surface area contributed by atoms with Crippen molar-refractivity contribution in [3.05, 3.63) is 34.4 Å². The molecule has 16 heavy (non-hydrogen) atoms. The minimum Gasteiger partial charge on any atom is -0.481 e. The highest BCUT2D eigenvalue weighted by atomic mass is 16.4. The van der Waals surface area contributed by atoms with Gasteiger partial charge in [-0.2, -0.15) is 0 Å².